The Balaban J connectivity index is 0.000000261. The molecule has 2 aliphatic carbocycles. The maximum absolute atomic E-state index is 10.8. The topological polar surface area (TPSA) is 37.3 Å². The first kappa shape index (κ1) is 19.7. The quantitative estimate of drug-likeness (QED) is 0.559. The second-order valence-electron chi connectivity index (χ2n) is 7.81. The van der Waals surface area contributed by atoms with Gasteiger partial charge >= 0.3 is 5.97 Å². The minimum Gasteiger partial charge on any atom is -0.481 e. The molecule has 0 fully saturated rings. The van der Waals surface area contributed by atoms with Crippen LogP contribution in [0.25, 0.3) is 0 Å². The van der Waals surface area contributed by atoms with Gasteiger partial charge in [0.25, 0.3) is 0 Å². The molecule has 1 heterocycles. The lowest BCUT2D eigenvalue weighted by molar-refractivity contribution is -0.139. The normalized spacial score (nSPS) is 11.7. The van der Waals surface area contributed by atoms with Gasteiger partial charge in [0, 0.05) is 9.75 Å². The zero-order valence-electron chi connectivity index (χ0n) is 16.1. The lowest BCUT2D eigenvalue weighted by atomic mass is 9.83. The third kappa shape index (κ3) is 5.43. The molecule has 1 aromatic rings. The van der Waals surface area contributed by atoms with E-state index in [9.17, 15) is 4.79 Å². The van der Waals surface area contributed by atoms with E-state index in [1.54, 1.807) is 0 Å². The zero-order valence-corrected chi connectivity index (χ0v) is 16.9. The van der Waals surface area contributed by atoms with Crippen LogP contribution in [-0.4, -0.2) is 11.1 Å². The van der Waals surface area contributed by atoms with Crippen molar-refractivity contribution in [2.75, 3.05) is 0 Å². The number of thiophene rings is 1. The highest BCUT2D eigenvalue weighted by molar-refractivity contribution is 7.12. The molecule has 0 unspecified atom stereocenters. The van der Waals surface area contributed by atoms with E-state index < -0.39 is 5.97 Å². The van der Waals surface area contributed by atoms with E-state index in [4.69, 9.17) is 5.11 Å². The Kier molecular flexibility index (Phi) is 6.45. The van der Waals surface area contributed by atoms with Gasteiger partial charge in [0.05, 0.1) is 6.42 Å². The number of aliphatic carboxylic acids is 1. The molecule has 2 nitrogen and oxygen atoms in total. The molecule has 1 aromatic heterocycles. The van der Waals surface area contributed by atoms with Crippen molar-refractivity contribution in [1.82, 2.24) is 0 Å². The molecular weight excluding hydrogens is 328 g/mol. The van der Waals surface area contributed by atoms with Crippen molar-refractivity contribution in [3.63, 3.8) is 0 Å². The molecule has 25 heavy (non-hydrogen) atoms. The average Bonchev–Trinajstić information content (AvgIpc) is 2.82. The maximum atomic E-state index is 10.8. The number of hydrogen-bond acceptors (Lipinski definition) is 2. The van der Waals surface area contributed by atoms with Crippen molar-refractivity contribution >= 4 is 17.3 Å². The van der Waals surface area contributed by atoms with Gasteiger partial charge in [0.15, 0.2) is 0 Å². The summed E-state index contributed by atoms with van der Waals surface area (Å²) in [6.45, 7) is 10.6. The number of aryl methyl sites for hydroxylation is 4. The molecule has 0 aromatic carbocycles. The van der Waals surface area contributed by atoms with Gasteiger partial charge in [-0.05, 0) is 66.2 Å². The van der Waals surface area contributed by atoms with Gasteiger partial charge in [-0.2, -0.15) is 0 Å². The number of carbonyl (C=O) groups is 1. The predicted molar refractivity (Wildman–Crippen MR) is 106 cm³/mol. The van der Waals surface area contributed by atoms with Crippen LogP contribution in [0, 0.1) is 29.7 Å². The van der Waals surface area contributed by atoms with Gasteiger partial charge in [-0.25, -0.2) is 0 Å². The number of carboxylic acid groups (broad SMARTS) is 1. The largest absolute Gasteiger partial charge is 0.481 e. The molecule has 0 radical (unpaired) electrons. The molecular formula is C22H30O2S. The van der Waals surface area contributed by atoms with Gasteiger partial charge in [0.2, 0.25) is 0 Å². The van der Waals surface area contributed by atoms with E-state index in [-0.39, 0.29) is 11.8 Å². The van der Waals surface area contributed by atoms with Crippen LogP contribution >= 0.6 is 11.3 Å². The molecule has 0 bridgehead atoms. The van der Waals surface area contributed by atoms with Crippen molar-refractivity contribution in [1.29, 1.82) is 0 Å². The summed E-state index contributed by atoms with van der Waals surface area (Å²) in [6.07, 6.45) is 4.51. The monoisotopic (exact) mass is 358 g/mol. The smallest absolute Gasteiger partial charge is 0.303 e. The highest BCUT2D eigenvalue weighted by Crippen LogP contribution is 2.30. The third-order valence-electron chi connectivity index (χ3n) is 4.81. The number of rotatable bonds is 7. The van der Waals surface area contributed by atoms with Crippen LogP contribution in [0.5, 0.6) is 0 Å². The predicted octanol–water partition coefficient (Wildman–Crippen LogP) is 6.04. The van der Waals surface area contributed by atoms with Crippen LogP contribution in [0.15, 0.2) is 24.3 Å². The summed E-state index contributed by atoms with van der Waals surface area (Å²) in [6, 6.07) is 8.81. The average molecular weight is 359 g/mol. The minimum absolute atomic E-state index is 0.120. The second-order valence-corrected chi connectivity index (χ2v) is 9.15. The fraction of sp³-hybridized carbons (Fsp3) is 0.500. The lowest BCUT2D eigenvalue weighted by Crippen LogP contribution is -2.17. The molecule has 0 amide bonds. The van der Waals surface area contributed by atoms with Gasteiger partial charge in [0.1, 0.15) is 0 Å². The molecule has 136 valence electrons. The van der Waals surface area contributed by atoms with Crippen molar-refractivity contribution in [2.24, 2.45) is 5.41 Å². The van der Waals surface area contributed by atoms with Crippen LogP contribution in [0.3, 0.4) is 0 Å². The molecule has 0 atom stereocenters. The van der Waals surface area contributed by atoms with E-state index in [2.05, 4.69) is 45.0 Å². The summed E-state index contributed by atoms with van der Waals surface area (Å²) in [5, 5.41) is 11.8. The Labute approximate surface area is 155 Å². The van der Waals surface area contributed by atoms with Gasteiger partial charge < -0.3 is 5.11 Å². The Hall–Kier alpha value is -1.61. The summed E-state index contributed by atoms with van der Waals surface area (Å²) >= 11 is 1.89. The van der Waals surface area contributed by atoms with Gasteiger partial charge in [-0.15, -0.1) is 11.3 Å². The minimum atomic E-state index is -0.700. The molecule has 2 aliphatic rings. The fourth-order valence-electron chi connectivity index (χ4n) is 3.16. The van der Waals surface area contributed by atoms with Gasteiger partial charge in [-0.1, -0.05) is 45.4 Å². The first-order valence-electron chi connectivity index (χ1n) is 9.13. The SMILES string of the molecule is CCCc1cc(CCC(C)(C)CC(=O)O)c(C)s1.Cc1cc2ccc1=2. The third-order valence-corrected chi connectivity index (χ3v) is 5.96. The standard InChI is InChI=1S/C15H24O2S.C7H6/c1-5-6-13-9-12(11(2)18-13)7-8-15(3,4)10-14(16)17;1-5-4-6-2-3-7(5)6/h9H,5-8,10H2,1-4H3,(H,16,17);2-4H,1H3. The summed E-state index contributed by atoms with van der Waals surface area (Å²) in [5.74, 6) is -0.700. The van der Waals surface area contributed by atoms with Crippen molar-refractivity contribution in [3.05, 3.63) is 55.6 Å². The summed E-state index contributed by atoms with van der Waals surface area (Å²) in [7, 11) is 0. The number of hydrogen-bond donors (Lipinski definition) is 1. The van der Waals surface area contributed by atoms with E-state index in [0.29, 0.717) is 0 Å². The summed E-state index contributed by atoms with van der Waals surface area (Å²) < 4.78 is 0. The van der Waals surface area contributed by atoms with Crippen LogP contribution in [0.2, 0.25) is 0 Å². The molecule has 3 heteroatoms. The Morgan fingerprint density at radius 2 is 1.88 bits per heavy atom. The highest BCUT2D eigenvalue weighted by atomic mass is 32.1. The van der Waals surface area contributed by atoms with Crippen molar-refractivity contribution in [2.45, 2.75) is 66.7 Å². The van der Waals surface area contributed by atoms with E-state index in [0.717, 1.165) is 19.3 Å². The first-order valence-corrected chi connectivity index (χ1v) is 9.94. The van der Waals surface area contributed by atoms with E-state index in [1.807, 2.05) is 25.2 Å². The lowest BCUT2D eigenvalue weighted by Gasteiger charge is -2.22. The van der Waals surface area contributed by atoms with Crippen LogP contribution in [0.4, 0.5) is 0 Å². The Morgan fingerprint density at radius 3 is 2.28 bits per heavy atom. The van der Waals surface area contributed by atoms with E-state index >= 15 is 0 Å². The van der Waals surface area contributed by atoms with Crippen LogP contribution in [0.1, 0.15) is 60.9 Å². The maximum Gasteiger partial charge on any atom is 0.303 e. The first-order chi connectivity index (χ1) is 11.7. The summed E-state index contributed by atoms with van der Waals surface area (Å²) in [5.41, 5.74) is 2.73. The zero-order chi connectivity index (χ0) is 18.6. The fourth-order valence-corrected chi connectivity index (χ4v) is 4.35. The van der Waals surface area contributed by atoms with Gasteiger partial charge in [-0.3, -0.25) is 4.79 Å². The van der Waals surface area contributed by atoms with Crippen molar-refractivity contribution < 1.29 is 9.90 Å². The summed E-state index contributed by atoms with van der Waals surface area (Å²) in [4.78, 5) is 13.6. The van der Waals surface area contributed by atoms with E-state index in [1.165, 1.54) is 37.7 Å². The molecule has 0 saturated carbocycles. The van der Waals surface area contributed by atoms with Crippen LogP contribution < -0.4 is 0 Å². The molecule has 3 rings (SSSR count). The molecule has 1 N–H and O–H groups in total. The molecule has 0 saturated heterocycles. The molecule has 0 aliphatic heterocycles. The number of carboxylic acids is 1. The highest BCUT2D eigenvalue weighted by Gasteiger charge is 2.22. The van der Waals surface area contributed by atoms with Crippen molar-refractivity contribution in [3.8, 4) is 0 Å². The Bertz CT molecular complexity index is 830. The number of benzene rings is 1. The second kappa shape index (κ2) is 8.18. The Morgan fingerprint density at radius 1 is 1.16 bits per heavy atom. The van der Waals surface area contributed by atoms with Crippen LogP contribution in [-0.2, 0) is 17.6 Å². The molecule has 0 spiro atoms.